The Balaban J connectivity index is 1.65. The van der Waals surface area contributed by atoms with Crippen molar-refractivity contribution in [3.05, 3.63) is 118 Å². The fraction of sp³-hybridized carbons (Fsp3) is 0.154. The molecule has 4 rings (SSSR count). The molecule has 10 heteroatoms. The van der Waals surface area contributed by atoms with E-state index >= 15 is 0 Å². The molecule has 4 aromatic rings. The predicted octanol–water partition coefficient (Wildman–Crippen LogP) is 5.69. The van der Waals surface area contributed by atoms with Gasteiger partial charge in [0.25, 0.3) is 5.69 Å². The van der Waals surface area contributed by atoms with E-state index in [4.69, 9.17) is 16.3 Å². The lowest BCUT2D eigenvalue weighted by atomic mass is 10.1. The average Bonchev–Trinajstić information content (AvgIpc) is 3.28. The zero-order valence-electron chi connectivity index (χ0n) is 19.2. The molecule has 3 aromatic carbocycles. The van der Waals surface area contributed by atoms with Crippen LogP contribution in [0.15, 0.2) is 96.5 Å². The monoisotopic (exact) mass is 525 g/mol. The highest BCUT2D eigenvalue weighted by Crippen LogP contribution is 2.26. The van der Waals surface area contributed by atoms with E-state index in [1.54, 1.807) is 6.07 Å². The van der Waals surface area contributed by atoms with Crippen molar-refractivity contribution in [2.75, 3.05) is 6.54 Å². The molecule has 0 aliphatic heterocycles. The zero-order chi connectivity index (χ0) is 25.7. The second-order valence-corrected chi connectivity index (χ2v) is 10.4. The first kappa shape index (κ1) is 25.6. The van der Waals surface area contributed by atoms with Gasteiger partial charge in [0.2, 0.25) is 10.0 Å². The first-order valence-electron chi connectivity index (χ1n) is 11.1. The standard InChI is InChI=1S/C26H24ClN3O5S/c1-2-26(35-18-19-6-4-3-5-7-19)29(36(33,34)23-11-9-22(10-12-23)30(31)32)15-14-20-17-28-25-13-8-21(27)16-24(20)25/h2-13,16-17,26,28H,1,14-15,18H2. The third-order valence-electron chi connectivity index (χ3n) is 5.73. The number of aromatic nitrogens is 1. The number of hydrogen-bond acceptors (Lipinski definition) is 5. The Morgan fingerprint density at radius 3 is 2.50 bits per heavy atom. The smallest absolute Gasteiger partial charge is 0.269 e. The SMILES string of the molecule is C=CC(OCc1ccccc1)N(CCc1c[nH]c2ccc(Cl)cc12)S(=O)(=O)c1ccc([N+](=O)[O-])cc1. The van der Waals surface area contributed by atoms with Gasteiger partial charge in [0.15, 0.2) is 0 Å². The van der Waals surface area contributed by atoms with E-state index in [1.807, 2.05) is 48.7 Å². The predicted molar refractivity (Wildman–Crippen MR) is 139 cm³/mol. The van der Waals surface area contributed by atoms with Crippen molar-refractivity contribution in [1.29, 1.82) is 0 Å². The molecule has 1 heterocycles. The van der Waals surface area contributed by atoms with E-state index in [0.29, 0.717) is 11.4 Å². The van der Waals surface area contributed by atoms with Crippen molar-refractivity contribution >= 4 is 38.2 Å². The van der Waals surface area contributed by atoms with Crippen LogP contribution in [0.25, 0.3) is 10.9 Å². The molecule has 0 bridgehead atoms. The maximum Gasteiger partial charge on any atom is 0.269 e. The lowest BCUT2D eigenvalue weighted by molar-refractivity contribution is -0.384. The number of sulfonamides is 1. The van der Waals surface area contributed by atoms with Crippen LogP contribution in [0.2, 0.25) is 5.02 Å². The number of fused-ring (bicyclic) bond motifs is 1. The lowest BCUT2D eigenvalue weighted by Crippen LogP contribution is -2.42. The first-order valence-corrected chi connectivity index (χ1v) is 12.9. The molecule has 1 N–H and O–H groups in total. The molecule has 186 valence electrons. The summed E-state index contributed by atoms with van der Waals surface area (Å²) in [7, 11) is -4.10. The summed E-state index contributed by atoms with van der Waals surface area (Å²) in [6.45, 7) is 4.05. The summed E-state index contributed by atoms with van der Waals surface area (Å²) in [4.78, 5) is 13.6. The molecule has 1 aromatic heterocycles. The van der Waals surface area contributed by atoms with E-state index in [0.717, 1.165) is 22.0 Å². The van der Waals surface area contributed by atoms with Gasteiger partial charge in [-0.15, -0.1) is 0 Å². The highest BCUT2D eigenvalue weighted by Gasteiger charge is 2.31. The minimum absolute atomic E-state index is 0.0737. The van der Waals surface area contributed by atoms with Gasteiger partial charge >= 0.3 is 0 Å². The molecule has 0 saturated heterocycles. The summed E-state index contributed by atoms with van der Waals surface area (Å²) in [6, 6.07) is 19.6. The number of halogens is 1. The molecule has 0 amide bonds. The molecule has 0 saturated carbocycles. The molecule has 36 heavy (non-hydrogen) atoms. The average molecular weight is 526 g/mol. The second kappa shape index (κ2) is 11.0. The molecule has 1 unspecified atom stereocenters. The van der Waals surface area contributed by atoms with Crippen molar-refractivity contribution in [1.82, 2.24) is 9.29 Å². The van der Waals surface area contributed by atoms with Gasteiger partial charge in [-0.2, -0.15) is 4.31 Å². The van der Waals surface area contributed by atoms with Crippen LogP contribution in [0.1, 0.15) is 11.1 Å². The number of rotatable bonds is 11. The van der Waals surface area contributed by atoms with Gasteiger partial charge in [0.1, 0.15) is 6.23 Å². The van der Waals surface area contributed by atoms with E-state index in [1.165, 1.54) is 34.6 Å². The summed E-state index contributed by atoms with van der Waals surface area (Å²) in [5.41, 5.74) is 2.46. The number of H-pyrrole nitrogens is 1. The van der Waals surface area contributed by atoms with Crippen molar-refractivity contribution in [2.24, 2.45) is 0 Å². The number of non-ortho nitro benzene ring substituents is 1. The van der Waals surface area contributed by atoms with Crippen molar-refractivity contribution < 1.29 is 18.1 Å². The number of benzene rings is 3. The zero-order valence-corrected chi connectivity index (χ0v) is 20.8. The minimum Gasteiger partial charge on any atom is -0.361 e. The Morgan fingerprint density at radius 2 is 1.83 bits per heavy atom. The van der Waals surface area contributed by atoms with E-state index < -0.39 is 21.2 Å². The molecule has 0 spiro atoms. The number of nitro groups is 1. The quantitative estimate of drug-likeness (QED) is 0.117. The van der Waals surface area contributed by atoms with Gasteiger partial charge in [0, 0.05) is 40.8 Å². The Morgan fingerprint density at radius 1 is 1.11 bits per heavy atom. The summed E-state index contributed by atoms with van der Waals surface area (Å²) >= 11 is 6.17. The van der Waals surface area contributed by atoms with Crippen LogP contribution in [0.4, 0.5) is 5.69 Å². The van der Waals surface area contributed by atoms with Crippen LogP contribution >= 0.6 is 11.6 Å². The second-order valence-electron chi connectivity index (χ2n) is 8.04. The topological polar surface area (TPSA) is 106 Å². The number of hydrogen-bond donors (Lipinski definition) is 1. The molecule has 1 atom stereocenters. The van der Waals surface area contributed by atoms with Crippen molar-refractivity contribution in [3.63, 3.8) is 0 Å². The number of aromatic amines is 1. The van der Waals surface area contributed by atoms with Gasteiger partial charge in [-0.05, 0) is 54.0 Å². The minimum atomic E-state index is -4.10. The Kier molecular flexibility index (Phi) is 7.85. The van der Waals surface area contributed by atoms with E-state index in [-0.39, 0.29) is 23.7 Å². The molecular formula is C26H24ClN3O5S. The highest BCUT2D eigenvalue weighted by molar-refractivity contribution is 7.89. The molecule has 8 nitrogen and oxygen atoms in total. The Bertz CT molecular complexity index is 1470. The number of nitrogens with one attached hydrogen (secondary N) is 1. The largest absolute Gasteiger partial charge is 0.361 e. The Hall–Kier alpha value is -3.50. The fourth-order valence-electron chi connectivity index (χ4n) is 3.87. The molecule has 0 aliphatic carbocycles. The molecule has 0 radical (unpaired) electrons. The molecular weight excluding hydrogens is 502 g/mol. The summed E-state index contributed by atoms with van der Waals surface area (Å²) in [5.74, 6) is 0. The van der Waals surface area contributed by atoms with Crippen molar-refractivity contribution in [3.8, 4) is 0 Å². The van der Waals surface area contributed by atoms with Gasteiger partial charge < -0.3 is 9.72 Å². The highest BCUT2D eigenvalue weighted by atomic mass is 35.5. The normalized spacial score (nSPS) is 12.6. The lowest BCUT2D eigenvalue weighted by Gasteiger charge is -2.29. The van der Waals surface area contributed by atoms with E-state index in [2.05, 4.69) is 11.6 Å². The van der Waals surface area contributed by atoms with Crippen LogP contribution in [0, 0.1) is 10.1 Å². The molecule has 0 fully saturated rings. The van der Waals surface area contributed by atoms with Crippen LogP contribution in [-0.4, -0.2) is 35.4 Å². The third-order valence-corrected chi connectivity index (χ3v) is 7.84. The van der Waals surface area contributed by atoms with Gasteiger partial charge in [-0.3, -0.25) is 10.1 Å². The van der Waals surface area contributed by atoms with Crippen molar-refractivity contribution in [2.45, 2.75) is 24.2 Å². The molecule has 0 aliphatic rings. The van der Waals surface area contributed by atoms with Gasteiger partial charge in [-0.25, -0.2) is 8.42 Å². The van der Waals surface area contributed by atoms with E-state index in [9.17, 15) is 18.5 Å². The maximum atomic E-state index is 13.7. The Labute approximate surface area is 214 Å². The fourth-order valence-corrected chi connectivity index (χ4v) is 5.55. The van der Waals surface area contributed by atoms with Crippen LogP contribution in [-0.2, 0) is 27.8 Å². The summed E-state index contributed by atoms with van der Waals surface area (Å²) in [5, 5.41) is 12.5. The first-order chi connectivity index (χ1) is 17.3. The maximum absolute atomic E-state index is 13.7. The number of ether oxygens (including phenoxy) is 1. The van der Waals surface area contributed by atoms with Crippen LogP contribution in [0.5, 0.6) is 0 Å². The van der Waals surface area contributed by atoms with Crippen LogP contribution < -0.4 is 0 Å². The van der Waals surface area contributed by atoms with Gasteiger partial charge in [-0.1, -0.05) is 48.5 Å². The summed E-state index contributed by atoms with van der Waals surface area (Å²) < 4.78 is 34.6. The number of nitro benzene ring substituents is 1. The van der Waals surface area contributed by atoms with Crippen LogP contribution in [0.3, 0.4) is 0 Å². The van der Waals surface area contributed by atoms with Gasteiger partial charge in [0.05, 0.1) is 16.4 Å². The number of nitrogens with zero attached hydrogens (tertiary/aromatic N) is 2. The summed E-state index contributed by atoms with van der Waals surface area (Å²) in [6.07, 6.45) is 2.65. The third kappa shape index (κ3) is 5.66.